The van der Waals surface area contributed by atoms with Crippen LogP contribution in [0.5, 0.6) is 11.5 Å². The Labute approximate surface area is 153 Å². The topological polar surface area (TPSA) is 67.4 Å². The molecule has 136 valence electrons. The summed E-state index contributed by atoms with van der Waals surface area (Å²) in [6.07, 6.45) is 5.22. The van der Waals surface area contributed by atoms with Crippen molar-refractivity contribution in [2.24, 2.45) is 5.92 Å². The van der Waals surface area contributed by atoms with Gasteiger partial charge in [-0.05, 0) is 37.1 Å². The molecule has 0 unspecified atom stereocenters. The molecule has 1 aliphatic rings. The van der Waals surface area contributed by atoms with Crippen molar-refractivity contribution in [3.05, 3.63) is 54.6 Å². The number of ether oxygens (including phenoxy) is 1. The third-order valence-electron chi connectivity index (χ3n) is 4.53. The Morgan fingerprint density at radius 3 is 2.38 bits per heavy atom. The molecule has 5 heteroatoms. The van der Waals surface area contributed by atoms with E-state index in [2.05, 4.69) is 10.6 Å². The molecule has 26 heavy (non-hydrogen) atoms. The van der Waals surface area contributed by atoms with Gasteiger partial charge in [-0.25, -0.2) is 0 Å². The van der Waals surface area contributed by atoms with Crippen molar-refractivity contribution in [2.45, 2.75) is 32.1 Å². The quantitative estimate of drug-likeness (QED) is 0.822. The number of anilines is 1. The van der Waals surface area contributed by atoms with Crippen LogP contribution in [0.25, 0.3) is 0 Å². The standard InChI is InChI=1S/C21H24N2O3/c24-20(15-22-21(25)16-9-3-1-4-10-16)23-18-13-7-8-14-19(18)26-17-11-5-2-6-12-17/h2,5-8,11-14,16H,1,3-4,9-10,15H2,(H,22,25)(H,23,24). The highest BCUT2D eigenvalue weighted by molar-refractivity contribution is 5.96. The van der Waals surface area contributed by atoms with Crippen LogP contribution in [-0.4, -0.2) is 18.4 Å². The number of amides is 2. The lowest BCUT2D eigenvalue weighted by molar-refractivity contribution is -0.128. The predicted molar refractivity (Wildman–Crippen MR) is 101 cm³/mol. The van der Waals surface area contributed by atoms with Crippen LogP contribution in [0.1, 0.15) is 32.1 Å². The number of nitrogens with one attached hydrogen (secondary N) is 2. The smallest absolute Gasteiger partial charge is 0.243 e. The number of carbonyl (C=O) groups is 2. The minimum absolute atomic E-state index is 0.0197. The van der Waals surface area contributed by atoms with Crippen LogP contribution in [0.15, 0.2) is 54.6 Å². The zero-order chi connectivity index (χ0) is 18.2. The van der Waals surface area contributed by atoms with Crippen molar-refractivity contribution in [1.82, 2.24) is 5.32 Å². The summed E-state index contributed by atoms with van der Waals surface area (Å²) in [5, 5.41) is 5.56. The number of hydrogen-bond acceptors (Lipinski definition) is 3. The molecule has 0 aromatic heterocycles. The first-order valence-electron chi connectivity index (χ1n) is 9.12. The number of benzene rings is 2. The Bertz CT molecular complexity index is 740. The summed E-state index contributed by atoms with van der Waals surface area (Å²) in [6, 6.07) is 16.6. The van der Waals surface area contributed by atoms with Gasteiger partial charge in [-0.15, -0.1) is 0 Å². The summed E-state index contributed by atoms with van der Waals surface area (Å²) in [5.74, 6) is 1.02. The Morgan fingerprint density at radius 1 is 0.923 bits per heavy atom. The average molecular weight is 352 g/mol. The molecular weight excluding hydrogens is 328 g/mol. The molecule has 5 nitrogen and oxygen atoms in total. The van der Waals surface area contributed by atoms with E-state index in [9.17, 15) is 9.59 Å². The van der Waals surface area contributed by atoms with E-state index in [0.29, 0.717) is 17.2 Å². The number of para-hydroxylation sites is 3. The lowest BCUT2D eigenvalue weighted by Gasteiger charge is -2.20. The summed E-state index contributed by atoms with van der Waals surface area (Å²) >= 11 is 0. The van der Waals surface area contributed by atoms with Gasteiger partial charge in [-0.2, -0.15) is 0 Å². The van der Waals surface area contributed by atoms with E-state index in [4.69, 9.17) is 4.74 Å². The van der Waals surface area contributed by atoms with Gasteiger partial charge in [0.25, 0.3) is 0 Å². The second-order valence-electron chi connectivity index (χ2n) is 6.51. The van der Waals surface area contributed by atoms with Crippen LogP contribution in [0.4, 0.5) is 5.69 Å². The molecule has 0 bridgehead atoms. The van der Waals surface area contributed by atoms with Crippen LogP contribution in [0, 0.1) is 5.92 Å². The Morgan fingerprint density at radius 2 is 1.62 bits per heavy atom. The van der Waals surface area contributed by atoms with Crippen LogP contribution in [-0.2, 0) is 9.59 Å². The highest BCUT2D eigenvalue weighted by atomic mass is 16.5. The van der Waals surface area contributed by atoms with E-state index in [1.807, 2.05) is 42.5 Å². The molecule has 2 amide bonds. The van der Waals surface area contributed by atoms with Crippen molar-refractivity contribution in [2.75, 3.05) is 11.9 Å². The predicted octanol–water partition coefficient (Wildman–Crippen LogP) is 4.11. The second kappa shape index (κ2) is 9.04. The number of rotatable bonds is 6. The molecule has 1 saturated carbocycles. The number of carbonyl (C=O) groups excluding carboxylic acids is 2. The molecule has 0 atom stereocenters. The van der Waals surface area contributed by atoms with Crippen LogP contribution in [0.3, 0.4) is 0 Å². The third kappa shape index (κ3) is 5.09. The molecule has 1 fully saturated rings. The Hall–Kier alpha value is -2.82. The van der Waals surface area contributed by atoms with Crippen molar-refractivity contribution in [3.8, 4) is 11.5 Å². The van der Waals surface area contributed by atoms with Gasteiger partial charge in [0, 0.05) is 5.92 Å². The fourth-order valence-corrected chi connectivity index (χ4v) is 3.15. The fraction of sp³-hybridized carbons (Fsp3) is 0.333. The largest absolute Gasteiger partial charge is 0.455 e. The van der Waals surface area contributed by atoms with Crippen molar-refractivity contribution < 1.29 is 14.3 Å². The van der Waals surface area contributed by atoms with E-state index >= 15 is 0 Å². The average Bonchev–Trinajstić information content (AvgIpc) is 2.69. The maximum absolute atomic E-state index is 12.2. The van der Waals surface area contributed by atoms with Gasteiger partial charge in [0.05, 0.1) is 12.2 Å². The van der Waals surface area contributed by atoms with Crippen LogP contribution in [0.2, 0.25) is 0 Å². The minimum atomic E-state index is -0.265. The van der Waals surface area contributed by atoms with Gasteiger partial charge in [-0.1, -0.05) is 49.6 Å². The highest BCUT2D eigenvalue weighted by Gasteiger charge is 2.21. The molecule has 2 aromatic carbocycles. The van der Waals surface area contributed by atoms with Crippen LogP contribution >= 0.6 is 0 Å². The summed E-state index contributed by atoms with van der Waals surface area (Å²) in [5.41, 5.74) is 0.577. The van der Waals surface area contributed by atoms with Gasteiger partial charge >= 0.3 is 0 Å². The lowest BCUT2D eigenvalue weighted by Crippen LogP contribution is -2.37. The van der Waals surface area contributed by atoms with Crippen molar-refractivity contribution in [1.29, 1.82) is 0 Å². The van der Waals surface area contributed by atoms with Gasteiger partial charge in [0.1, 0.15) is 5.75 Å². The molecule has 0 aliphatic heterocycles. The lowest BCUT2D eigenvalue weighted by atomic mass is 9.89. The van der Waals surface area contributed by atoms with Crippen LogP contribution < -0.4 is 15.4 Å². The SMILES string of the molecule is O=C(CNC(=O)C1CCCCC1)Nc1ccccc1Oc1ccccc1. The summed E-state index contributed by atoms with van der Waals surface area (Å²) in [7, 11) is 0. The Balaban J connectivity index is 1.55. The molecular formula is C21H24N2O3. The summed E-state index contributed by atoms with van der Waals surface area (Å²) in [6.45, 7) is -0.0327. The van der Waals surface area contributed by atoms with E-state index in [1.54, 1.807) is 12.1 Å². The van der Waals surface area contributed by atoms with E-state index < -0.39 is 0 Å². The van der Waals surface area contributed by atoms with Crippen molar-refractivity contribution >= 4 is 17.5 Å². The molecule has 0 spiro atoms. The summed E-state index contributed by atoms with van der Waals surface area (Å²) in [4.78, 5) is 24.4. The molecule has 1 aliphatic carbocycles. The van der Waals surface area contributed by atoms with Gasteiger partial charge in [-0.3, -0.25) is 9.59 Å². The monoisotopic (exact) mass is 352 g/mol. The van der Waals surface area contributed by atoms with Gasteiger partial charge < -0.3 is 15.4 Å². The van der Waals surface area contributed by atoms with E-state index in [1.165, 1.54) is 6.42 Å². The van der Waals surface area contributed by atoms with Gasteiger partial charge in [0.15, 0.2) is 5.75 Å². The molecule has 0 saturated heterocycles. The number of hydrogen-bond donors (Lipinski definition) is 2. The second-order valence-corrected chi connectivity index (χ2v) is 6.51. The maximum atomic E-state index is 12.2. The van der Waals surface area contributed by atoms with E-state index in [-0.39, 0.29) is 24.3 Å². The zero-order valence-electron chi connectivity index (χ0n) is 14.7. The van der Waals surface area contributed by atoms with Crippen molar-refractivity contribution in [3.63, 3.8) is 0 Å². The molecule has 2 N–H and O–H groups in total. The third-order valence-corrected chi connectivity index (χ3v) is 4.53. The maximum Gasteiger partial charge on any atom is 0.243 e. The first-order chi connectivity index (χ1) is 12.7. The minimum Gasteiger partial charge on any atom is -0.455 e. The fourth-order valence-electron chi connectivity index (χ4n) is 3.15. The molecule has 2 aromatic rings. The normalized spacial score (nSPS) is 14.5. The van der Waals surface area contributed by atoms with E-state index in [0.717, 1.165) is 25.7 Å². The first-order valence-corrected chi connectivity index (χ1v) is 9.12. The highest BCUT2D eigenvalue weighted by Crippen LogP contribution is 2.29. The molecule has 0 radical (unpaired) electrons. The summed E-state index contributed by atoms with van der Waals surface area (Å²) < 4.78 is 5.83. The molecule has 0 heterocycles. The van der Waals surface area contributed by atoms with Gasteiger partial charge in [0.2, 0.25) is 11.8 Å². The Kier molecular flexibility index (Phi) is 6.25. The first kappa shape index (κ1) is 18.0. The molecule has 3 rings (SSSR count). The zero-order valence-corrected chi connectivity index (χ0v) is 14.7.